The maximum atomic E-state index is 13.1. The fourth-order valence-corrected chi connectivity index (χ4v) is 6.37. The smallest absolute Gasteiger partial charge is 0.383 e. The first-order valence-electron chi connectivity index (χ1n) is 14.8. The summed E-state index contributed by atoms with van der Waals surface area (Å²) in [6, 6.07) is 5.80. The molecule has 2 saturated heterocycles. The molecule has 0 aliphatic carbocycles. The van der Waals surface area contributed by atoms with E-state index in [1.807, 2.05) is 24.6 Å². The van der Waals surface area contributed by atoms with Gasteiger partial charge < -0.3 is 15.5 Å². The Bertz CT molecular complexity index is 1320. The number of nitrogen functional groups attached to an aromatic ring is 1. The number of alkyl halides is 3. The van der Waals surface area contributed by atoms with E-state index in [2.05, 4.69) is 86.3 Å². The van der Waals surface area contributed by atoms with E-state index in [1.165, 1.54) is 37.8 Å². The van der Waals surface area contributed by atoms with Crippen molar-refractivity contribution in [1.82, 2.24) is 34.3 Å². The van der Waals surface area contributed by atoms with Crippen LogP contribution >= 0.6 is 22.6 Å². The minimum absolute atomic E-state index is 0.127. The van der Waals surface area contributed by atoms with Gasteiger partial charge in [-0.2, -0.15) is 23.4 Å². The Balaban J connectivity index is 0.000000216. The first-order valence-corrected chi connectivity index (χ1v) is 15.9. The van der Waals surface area contributed by atoms with Crippen molar-refractivity contribution in [3.8, 4) is 11.3 Å². The molecule has 42 heavy (non-hydrogen) atoms. The highest BCUT2D eigenvalue weighted by molar-refractivity contribution is 14.1. The number of halogens is 4. The normalized spacial score (nSPS) is 18.1. The second kappa shape index (κ2) is 13.6. The van der Waals surface area contributed by atoms with Crippen molar-refractivity contribution in [3.63, 3.8) is 0 Å². The Hall–Kier alpha value is -2.19. The van der Waals surface area contributed by atoms with Crippen LogP contribution in [0.2, 0.25) is 0 Å². The Morgan fingerprint density at radius 3 is 1.76 bits per heavy atom. The van der Waals surface area contributed by atoms with Crippen LogP contribution in [-0.2, 0) is 6.18 Å². The van der Waals surface area contributed by atoms with E-state index in [0.29, 0.717) is 29.1 Å². The first kappa shape index (κ1) is 32.7. The number of pyridine rings is 1. The van der Waals surface area contributed by atoms with Crippen molar-refractivity contribution < 1.29 is 13.2 Å². The summed E-state index contributed by atoms with van der Waals surface area (Å²) in [4.78, 5) is 8.43. The number of likely N-dealkylation sites (tertiary alicyclic amines) is 2. The van der Waals surface area contributed by atoms with Crippen molar-refractivity contribution in [2.75, 3.05) is 46.0 Å². The van der Waals surface area contributed by atoms with Gasteiger partial charge in [0.15, 0.2) is 0 Å². The number of anilines is 1. The average molecular weight is 701 g/mol. The molecule has 12 heteroatoms. The van der Waals surface area contributed by atoms with Gasteiger partial charge in [0.1, 0.15) is 9.52 Å². The van der Waals surface area contributed by atoms with Gasteiger partial charge in [-0.1, -0.05) is 0 Å². The summed E-state index contributed by atoms with van der Waals surface area (Å²) in [5.41, 5.74) is 7.84. The van der Waals surface area contributed by atoms with Crippen LogP contribution in [-0.4, -0.2) is 74.6 Å². The van der Waals surface area contributed by atoms with Gasteiger partial charge in [-0.05, 0) is 134 Å². The molecule has 2 N–H and O–H groups in total. The van der Waals surface area contributed by atoms with Gasteiger partial charge in [0, 0.05) is 47.1 Å². The molecule has 0 atom stereocenters. The largest absolute Gasteiger partial charge is 0.419 e. The molecule has 0 unspecified atom stereocenters. The Morgan fingerprint density at radius 1 is 0.810 bits per heavy atom. The second-order valence-corrected chi connectivity index (χ2v) is 13.3. The molecule has 5 heterocycles. The molecule has 0 amide bonds. The van der Waals surface area contributed by atoms with E-state index < -0.39 is 17.6 Å². The standard InChI is InChI=1S/C18H24F3N5.C12H20IN3/c1-11(2)26-16(12-4-6-25(3)7-5-12)9-15(24-26)13-8-14(18(19,20)21)17(22)23-10-13;1-9(2)16-11(8-12(13)14-16)10-4-6-15(3)7-5-10/h8-12H,4-7H2,1-3H3,(H2,22,23);8-10H,4-7H2,1-3H3. The van der Waals surface area contributed by atoms with Crippen LogP contribution in [0.3, 0.4) is 0 Å². The van der Waals surface area contributed by atoms with Crippen molar-refractivity contribution in [2.24, 2.45) is 0 Å². The quantitative estimate of drug-likeness (QED) is 0.295. The number of hydrogen-bond acceptors (Lipinski definition) is 6. The van der Waals surface area contributed by atoms with Gasteiger partial charge in [0.25, 0.3) is 0 Å². The zero-order valence-corrected chi connectivity index (χ0v) is 27.7. The fraction of sp³-hybridized carbons (Fsp3) is 0.633. The topological polar surface area (TPSA) is 81.0 Å². The van der Waals surface area contributed by atoms with E-state index in [4.69, 9.17) is 5.73 Å². The van der Waals surface area contributed by atoms with E-state index >= 15 is 0 Å². The van der Waals surface area contributed by atoms with E-state index in [1.54, 1.807) is 0 Å². The average Bonchev–Trinajstić information content (AvgIpc) is 3.54. The van der Waals surface area contributed by atoms with Crippen LogP contribution in [0.4, 0.5) is 19.0 Å². The zero-order valence-electron chi connectivity index (χ0n) is 25.5. The molecule has 0 spiro atoms. The zero-order chi connectivity index (χ0) is 30.8. The SMILES string of the molecule is CC(C)n1nc(-c2cnc(N)c(C(F)(F)F)c2)cc1C1CCN(C)CC1.CC(C)n1nc(I)cc1C1CCN(C)CC1. The summed E-state index contributed by atoms with van der Waals surface area (Å²) >= 11 is 2.32. The molecule has 0 aromatic carbocycles. The molecule has 0 radical (unpaired) electrons. The summed E-state index contributed by atoms with van der Waals surface area (Å²) < 4.78 is 44.7. The summed E-state index contributed by atoms with van der Waals surface area (Å²) in [7, 11) is 4.31. The molecule has 2 fully saturated rings. The van der Waals surface area contributed by atoms with Crippen molar-refractivity contribution in [2.45, 2.75) is 83.5 Å². The van der Waals surface area contributed by atoms with Crippen LogP contribution in [0, 0.1) is 3.70 Å². The highest BCUT2D eigenvalue weighted by atomic mass is 127. The third kappa shape index (κ3) is 7.85. The van der Waals surface area contributed by atoms with Crippen molar-refractivity contribution >= 4 is 28.4 Å². The Morgan fingerprint density at radius 2 is 1.29 bits per heavy atom. The number of aromatic nitrogens is 5. The third-order valence-electron chi connectivity index (χ3n) is 8.27. The predicted octanol–water partition coefficient (Wildman–Crippen LogP) is 6.81. The molecule has 3 aromatic heterocycles. The van der Waals surface area contributed by atoms with Crippen LogP contribution in [0.5, 0.6) is 0 Å². The van der Waals surface area contributed by atoms with E-state index in [9.17, 15) is 13.2 Å². The first-order chi connectivity index (χ1) is 19.7. The lowest BCUT2D eigenvalue weighted by Crippen LogP contribution is -2.30. The monoisotopic (exact) mass is 700 g/mol. The molecule has 2 aliphatic rings. The molecular formula is C30H44F3IN8. The number of piperidine rings is 2. The summed E-state index contributed by atoms with van der Waals surface area (Å²) in [6.07, 6.45) is 1.39. The molecule has 8 nitrogen and oxygen atoms in total. The summed E-state index contributed by atoms with van der Waals surface area (Å²) in [5, 5.41) is 9.18. The van der Waals surface area contributed by atoms with Gasteiger partial charge in [-0.15, -0.1) is 0 Å². The molecular weight excluding hydrogens is 656 g/mol. The molecule has 3 aromatic rings. The Kier molecular flexibility index (Phi) is 10.6. The van der Waals surface area contributed by atoms with Crippen LogP contribution in [0.1, 0.15) is 94.2 Å². The molecule has 0 bridgehead atoms. The lowest BCUT2D eigenvalue weighted by Gasteiger charge is -2.29. The molecule has 232 valence electrons. The maximum Gasteiger partial charge on any atom is 0.419 e. The van der Waals surface area contributed by atoms with Gasteiger partial charge in [-0.25, -0.2) is 4.98 Å². The van der Waals surface area contributed by atoms with Gasteiger partial charge in [0.2, 0.25) is 0 Å². The fourth-order valence-electron chi connectivity index (χ4n) is 5.82. The van der Waals surface area contributed by atoms with Crippen LogP contribution in [0.25, 0.3) is 11.3 Å². The predicted molar refractivity (Wildman–Crippen MR) is 170 cm³/mol. The molecule has 0 saturated carbocycles. The molecule has 2 aliphatic heterocycles. The van der Waals surface area contributed by atoms with E-state index in [-0.39, 0.29) is 6.04 Å². The number of hydrogen-bond donors (Lipinski definition) is 1. The minimum Gasteiger partial charge on any atom is -0.383 e. The maximum absolute atomic E-state index is 13.1. The highest BCUT2D eigenvalue weighted by Crippen LogP contribution is 2.37. The lowest BCUT2D eigenvalue weighted by molar-refractivity contribution is -0.137. The van der Waals surface area contributed by atoms with Gasteiger partial charge in [-0.3, -0.25) is 9.36 Å². The van der Waals surface area contributed by atoms with Crippen LogP contribution < -0.4 is 5.73 Å². The number of nitrogens with two attached hydrogens (primary N) is 1. The third-order valence-corrected chi connectivity index (χ3v) is 8.80. The lowest BCUT2D eigenvalue weighted by atomic mass is 9.93. The number of nitrogens with zero attached hydrogens (tertiary/aromatic N) is 7. The summed E-state index contributed by atoms with van der Waals surface area (Å²) in [6.45, 7) is 12.9. The van der Waals surface area contributed by atoms with Crippen molar-refractivity contribution in [1.29, 1.82) is 0 Å². The minimum atomic E-state index is -4.54. The second-order valence-electron chi connectivity index (χ2n) is 12.2. The van der Waals surface area contributed by atoms with Crippen LogP contribution in [0.15, 0.2) is 24.4 Å². The summed E-state index contributed by atoms with van der Waals surface area (Å²) in [5.74, 6) is 0.549. The van der Waals surface area contributed by atoms with Gasteiger partial charge >= 0.3 is 6.18 Å². The van der Waals surface area contributed by atoms with Gasteiger partial charge in [0.05, 0.1) is 11.3 Å². The number of rotatable bonds is 5. The molecule has 5 rings (SSSR count). The highest BCUT2D eigenvalue weighted by Gasteiger charge is 2.34. The van der Waals surface area contributed by atoms with Crippen molar-refractivity contribution in [3.05, 3.63) is 45.0 Å². The van der Waals surface area contributed by atoms with E-state index in [0.717, 1.165) is 41.4 Å². The Labute approximate surface area is 261 Å².